The molecule has 1 fully saturated rings. The molecule has 1 N–H and O–H groups in total. The van der Waals surface area contributed by atoms with Crippen LogP contribution in [-0.4, -0.2) is 55.5 Å². The van der Waals surface area contributed by atoms with E-state index < -0.39 is 16.1 Å². The van der Waals surface area contributed by atoms with Crippen LogP contribution in [0.4, 0.5) is 5.69 Å². The third-order valence-electron chi connectivity index (χ3n) is 6.22. The van der Waals surface area contributed by atoms with Gasteiger partial charge < -0.3 is 5.32 Å². The molecule has 0 saturated carbocycles. The number of carbonyl (C=O) groups excluding carboxylic acids is 2. The number of aryl methyl sites for hydroxylation is 1. The smallest absolute Gasteiger partial charge is 0.246 e. The molecular weight excluding hydrogens is 462 g/mol. The van der Waals surface area contributed by atoms with Gasteiger partial charge in [0.15, 0.2) is 5.78 Å². The fourth-order valence-electron chi connectivity index (χ4n) is 4.22. The Morgan fingerprint density at radius 2 is 1.43 bits per heavy atom. The van der Waals surface area contributed by atoms with Crippen molar-refractivity contribution in [3.63, 3.8) is 0 Å². The monoisotopic (exact) mass is 491 g/mol. The van der Waals surface area contributed by atoms with E-state index in [0.29, 0.717) is 18.7 Å². The van der Waals surface area contributed by atoms with Gasteiger partial charge in [-0.3, -0.25) is 14.5 Å². The Balaban J connectivity index is 1.50. The minimum atomic E-state index is -3.70. The summed E-state index contributed by atoms with van der Waals surface area (Å²) in [6.07, 6.45) is 0. The normalized spacial score (nSPS) is 15.9. The summed E-state index contributed by atoms with van der Waals surface area (Å²) in [5.74, 6) is -0.269. The molecule has 1 aliphatic rings. The molecule has 0 bridgehead atoms. The highest BCUT2D eigenvalue weighted by atomic mass is 32.2. The van der Waals surface area contributed by atoms with Crippen LogP contribution in [0.3, 0.4) is 0 Å². The van der Waals surface area contributed by atoms with Crippen LogP contribution in [0.15, 0.2) is 83.8 Å². The number of sulfonamides is 1. The summed E-state index contributed by atoms with van der Waals surface area (Å²) in [4.78, 5) is 27.1. The number of carbonyl (C=O) groups is 2. The largest absolute Gasteiger partial charge is 0.324 e. The second-order valence-electron chi connectivity index (χ2n) is 8.69. The van der Waals surface area contributed by atoms with Crippen LogP contribution < -0.4 is 5.32 Å². The standard InChI is InChI=1S/C27H29N3O4S/c1-20-8-12-24(13-9-20)28-27(32)26(23-6-4-3-5-7-23)29-16-18-30(19-17-29)35(33,34)25-14-10-22(11-15-25)21(2)31/h3-15,26H,16-19H2,1-2H3,(H,28,32)/t26-/m1/s1. The number of amides is 1. The first-order chi connectivity index (χ1) is 16.8. The molecule has 1 heterocycles. The third kappa shape index (κ3) is 5.67. The number of hydrogen-bond donors (Lipinski definition) is 1. The summed E-state index contributed by atoms with van der Waals surface area (Å²) in [6.45, 7) is 4.78. The third-order valence-corrected chi connectivity index (χ3v) is 8.13. The van der Waals surface area contributed by atoms with Gasteiger partial charge in [0.1, 0.15) is 6.04 Å². The highest BCUT2D eigenvalue weighted by Crippen LogP contribution is 2.26. The molecule has 0 radical (unpaired) electrons. The van der Waals surface area contributed by atoms with E-state index in [1.807, 2.05) is 66.4 Å². The Hall–Kier alpha value is -3.33. The molecule has 1 saturated heterocycles. The van der Waals surface area contributed by atoms with Crippen molar-refractivity contribution < 1.29 is 18.0 Å². The first-order valence-corrected chi connectivity index (χ1v) is 13.0. The molecule has 1 aliphatic heterocycles. The molecule has 3 aromatic carbocycles. The highest BCUT2D eigenvalue weighted by molar-refractivity contribution is 7.89. The van der Waals surface area contributed by atoms with Gasteiger partial charge in [-0.25, -0.2) is 8.42 Å². The number of nitrogens with zero attached hydrogens (tertiary/aromatic N) is 2. The lowest BCUT2D eigenvalue weighted by atomic mass is 10.0. The second kappa shape index (κ2) is 10.5. The van der Waals surface area contributed by atoms with Crippen LogP contribution in [0, 0.1) is 6.92 Å². The fourth-order valence-corrected chi connectivity index (χ4v) is 5.65. The molecule has 1 amide bonds. The fraction of sp³-hybridized carbons (Fsp3) is 0.259. The molecule has 1 atom stereocenters. The zero-order valence-electron chi connectivity index (χ0n) is 19.8. The van der Waals surface area contributed by atoms with Crippen LogP contribution in [0.1, 0.15) is 34.5 Å². The lowest BCUT2D eigenvalue weighted by molar-refractivity contribution is -0.122. The average molecular weight is 492 g/mol. The summed E-state index contributed by atoms with van der Waals surface area (Å²) >= 11 is 0. The number of anilines is 1. The summed E-state index contributed by atoms with van der Waals surface area (Å²) in [5.41, 5.74) is 3.15. The van der Waals surface area contributed by atoms with Crippen LogP contribution >= 0.6 is 0 Å². The van der Waals surface area contributed by atoms with E-state index in [4.69, 9.17) is 0 Å². The lowest BCUT2D eigenvalue weighted by Gasteiger charge is -2.38. The van der Waals surface area contributed by atoms with Crippen molar-refractivity contribution in [3.05, 3.63) is 95.6 Å². The molecule has 35 heavy (non-hydrogen) atoms. The predicted molar refractivity (Wildman–Crippen MR) is 136 cm³/mol. The maximum Gasteiger partial charge on any atom is 0.246 e. The summed E-state index contributed by atoms with van der Waals surface area (Å²) in [5, 5.41) is 3.01. The number of ketones is 1. The van der Waals surface area contributed by atoms with E-state index in [1.165, 1.54) is 35.5 Å². The topological polar surface area (TPSA) is 86.8 Å². The minimum absolute atomic E-state index is 0.113. The van der Waals surface area contributed by atoms with Crippen molar-refractivity contribution in [3.8, 4) is 0 Å². The highest BCUT2D eigenvalue weighted by Gasteiger charge is 2.34. The maximum absolute atomic E-state index is 13.4. The van der Waals surface area contributed by atoms with Gasteiger partial charge in [-0.05, 0) is 43.7 Å². The molecule has 0 unspecified atom stereocenters. The van der Waals surface area contributed by atoms with Crippen molar-refractivity contribution in [1.29, 1.82) is 0 Å². The SMILES string of the molecule is CC(=O)c1ccc(S(=O)(=O)N2CCN([C@@H](C(=O)Nc3ccc(C)cc3)c3ccccc3)CC2)cc1. The van der Waals surface area contributed by atoms with E-state index in [-0.39, 0.29) is 29.7 Å². The number of hydrogen-bond acceptors (Lipinski definition) is 5. The number of nitrogens with one attached hydrogen (secondary N) is 1. The Kier molecular flexibility index (Phi) is 7.45. The van der Waals surface area contributed by atoms with Crippen molar-refractivity contribution in [2.45, 2.75) is 24.8 Å². The zero-order chi connectivity index (χ0) is 25.0. The van der Waals surface area contributed by atoms with Gasteiger partial charge in [-0.1, -0.05) is 60.2 Å². The number of Topliss-reactive ketones (excluding diaryl/α,β-unsaturated/α-hetero) is 1. The minimum Gasteiger partial charge on any atom is -0.324 e. The van der Waals surface area contributed by atoms with Gasteiger partial charge in [-0.2, -0.15) is 4.31 Å². The first-order valence-electron chi connectivity index (χ1n) is 11.5. The van der Waals surface area contributed by atoms with Crippen LogP contribution in [0.25, 0.3) is 0 Å². The van der Waals surface area contributed by atoms with Crippen molar-refractivity contribution in [2.75, 3.05) is 31.5 Å². The number of piperazine rings is 1. The molecule has 182 valence electrons. The van der Waals surface area contributed by atoms with E-state index >= 15 is 0 Å². The second-order valence-corrected chi connectivity index (χ2v) is 10.6. The quantitative estimate of drug-likeness (QED) is 0.507. The predicted octanol–water partition coefficient (Wildman–Crippen LogP) is 3.88. The van der Waals surface area contributed by atoms with E-state index in [0.717, 1.165) is 16.8 Å². The maximum atomic E-state index is 13.4. The molecule has 0 aromatic heterocycles. The van der Waals surface area contributed by atoms with Crippen molar-refractivity contribution >= 4 is 27.4 Å². The van der Waals surface area contributed by atoms with E-state index in [1.54, 1.807) is 0 Å². The summed E-state index contributed by atoms with van der Waals surface area (Å²) in [7, 11) is -3.70. The lowest BCUT2D eigenvalue weighted by Crippen LogP contribution is -2.51. The average Bonchev–Trinajstić information content (AvgIpc) is 2.86. The molecule has 8 heteroatoms. The molecule has 7 nitrogen and oxygen atoms in total. The van der Waals surface area contributed by atoms with Gasteiger partial charge >= 0.3 is 0 Å². The van der Waals surface area contributed by atoms with Crippen molar-refractivity contribution in [2.24, 2.45) is 0 Å². The first kappa shape index (κ1) is 24.8. The Morgan fingerprint density at radius 1 is 0.829 bits per heavy atom. The van der Waals surface area contributed by atoms with Gasteiger partial charge in [-0.15, -0.1) is 0 Å². The van der Waals surface area contributed by atoms with Crippen molar-refractivity contribution in [1.82, 2.24) is 9.21 Å². The Bertz CT molecular complexity index is 1280. The number of benzene rings is 3. The molecule has 0 aliphatic carbocycles. The molecule has 4 rings (SSSR count). The van der Waals surface area contributed by atoms with Crippen LogP contribution in [0.5, 0.6) is 0 Å². The van der Waals surface area contributed by atoms with Crippen LogP contribution in [-0.2, 0) is 14.8 Å². The van der Waals surface area contributed by atoms with E-state index in [2.05, 4.69) is 5.32 Å². The van der Waals surface area contributed by atoms with Gasteiger partial charge in [0, 0.05) is 37.4 Å². The van der Waals surface area contributed by atoms with Gasteiger partial charge in [0.2, 0.25) is 15.9 Å². The molecule has 0 spiro atoms. The Labute approximate surface area is 206 Å². The van der Waals surface area contributed by atoms with Gasteiger partial charge in [0.25, 0.3) is 0 Å². The number of rotatable bonds is 7. The summed E-state index contributed by atoms with van der Waals surface area (Å²) in [6, 6.07) is 22.6. The zero-order valence-corrected chi connectivity index (χ0v) is 20.7. The van der Waals surface area contributed by atoms with E-state index in [9.17, 15) is 18.0 Å². The van der Waals surface area contributed by atoms with Crippen LogP contribution in [0.2, 0.25) is 0 Å². The Morgan fingerprint density at radius 3 is 2.00 bits per heavy atom. The molecule has 3 aromatic rings. The summed E-state index contributed by atoms with van der Waals surface area (Å²) < 4.78 is 27.8. The van der Waals surface area contributed by atoms with Gasteiger partial charge in [0.05, 0.1) is 4.90 Å². The molecular formula is C27H29N3O4S.